The fourth-order valence-corrected chi connectivity index (χ4v) is 3.71. The number of nitrogens with one attached hydrogen (secondary N) is 1. The first-order valence-electron chi connectivity index (χ1n) is 9.46. The zero-order chi connectivity index (χ0) is 22.1. The van der Waals surface area contributed by atoms with Crippen LogP contribution in [0.5, 0.6) is 0 Å². The second-order valence-electron chi connectivity index (χ2n) is 7.14. The Morgan fingerprint density at radius 3 is 2.71 bits per heavy atom. The fourth-order valence-electron chi connectivity index (χ4n) is 3.49. The Hall–Kier alpha value is -3.78. The summed E-state index contributed by atoms with van der Waals surface area (Å²) in [6.07, 6.45) is 1.70. The SMILES string of the molecule is Cc1cccc(-c2ccnc3c2c(C)nn3CC(=O)Nc2ccc([N+](=O)[O-])cc2Cl)c1. The molecule has 2 aromatic carbocycles. The Morgan fingerprint density at radius 2 is 2.00 bits per heavy atom. The molecule has 2 aromatic heterocycles. The van der Waals surface area contributed by atoms with Gasteiger partial charge in [0.25, 0.3) is 5.69 Å². The van der Waals surface area contributed by atoms with Gasteiger partial charge < -0.3 is 5.32 Å². The van der Waals surface area contributed by atoms with Crippen molar-refractivity contribution in [2.75, 3.05) is 5.32 Å². The molecule has 0 spiro atoms. The van der Waals surface area contributed by atoms with Crippen molar-refractivity contribution in [2.24, 2.45) is 0 Å². The van der Waals surface area contributed by atoms with Crippen LogP contribution in [0.2, 0.25) is 5.02 Å². The number of rotatable bonds is 5. The van der Waals surface area contributed by atoms with Crippen molar-refractivity contribution in [3.05, 3.63) is 81.1 Å². The van der Waals surface area contributed by atoms with Crippen LogP contribution in [-0.4, -0.2) is 25.6 Å². The summed E-state index contributed by atoms with van der Waals surface area (Å²) in [6.45, 7) is 3.83. The number of aryl methyl sites for hydroxylation is 2. The highest BCUT2D eigenvalue weighted by Crippen LogP contribution is 2.30. The van der Waals surface area contributed by atoms with Crippen LogP contribution in [0.25, 0.3) is 22.2 Å². The van der Waals surface area contributed by atoms with Gasteiger partial charge in [0.15, 0.2) is 5.65 Å². The molecule has 0 radical (unpaired) electrons. The molecule has 0 atom stereocenters. The van der Waals surface area contributed by atoms with Crippen LogP contribution in [0.4, 0.5) is 11.4 Å². The molecule has 0 aliphatic carbocycles. The van der Waals surface area contributed by atoms with Crippen LogP contribution < -0.4 is 5.32 Å². The molecule has 0 unspecified atom stereocenters. The fraction of sp³-hybridized carbons (Fsp3) is 0.136. The number of halogens is 1. The summed E-state index contributed by atoms with van der Waals surface area (Å²) in [7, 11) is 0. The van der Waals surface area contributed by atoms with Gasteiger partial charge >= 0.3 is 0 Å². The third kappa shape index (κ3) is 4.10. The van der Waals surface area contributed by atoms with Crippen LogP contribution in [-0.2, 0) is 11.3 Å². The zero-order valence-electron chi connectivity index (χ0n) is 16.8. The maximum atomic E-state index is 12.6. The van der Waals surface area contributed by atoms with E-state index >= 15 is 0 Å². The van der Waals surface area contributed by atoms with Gasteiger partial charge in [0.05, 0.1) is 21.3 Å². The number of anilines is 1. The number of pyridine rings is 1. The summed E-state index contributed by atoms with van der Waals surface area (Å²) in [5.41, 5.74) is 4.70. The Kier molecular flexibility index (Phi) is 5.39. The molecule has 1 N–H and O–H groups in total. The van der Waals surface area contributed by atoms with E-state index in [2.05, 4.69) is 21.5 Å². The molecule has 1 amide bonds. The zero-order valence-corrected chi connectivity index (χ0v) is 17.6. The van der Waals surface area contributed by atoms with Crippen molar-refractivity contribution in [3.8, 4) is 11.1 Å². The number of benzene rings is 2. The number of hydrogen-bond acceptors (Lipinski definition) is 5. The number of non-ortho nitro benzene ring substituents is 1. The third-order valence-corrected chi connectivity index (χ3v) is 5.18. The van der Waals surface area contributed by atoms with E-state index < -0.39 is 4.92 Å². The summed E-state index contributed by atoms with van der Waals surface area (Å²) in [5, 5.41) is 19.0. The maximum absolute atomic E-state index is 12.6. The lowest BCUT2D eigenvalue weighted by atomic mass is 10.0. The Morgan fingerprint density at radius 1 is 1.19 bits per heavy atom. The monoisotopic (exact) mass is 435 g/mol. The van der Waals surface area contributed by atoms with E-state index in [-0.39, 0.29) is 23.2 Å². The van der Waals surface area contributed by atoms with E-state index in [4.69, 9.17) is 11.6 Å². The largest absolute Gasteiger partial charge is 0.323 e. The summed E-state index contributed by atoms with van der Waals surface area (Å²) in [5.74, 6) is -0.372. The van der Waals surface area contributed by atoms with Crippen molar-refractivity contribution in [3.63, 3.8) is 0 Å². The Labute approximate surface area is 182 Å². The average Bonchev–Trinajstić information content (AvgIpc) is 3.05. The molecule has 8 nitrogen and oxygen atoms in total. The van der Waals surface area contributed by atoms with Crippen molar-refractivity contribution >= 4 is 39.9 Å². The van der Waals surface area contributed by atoms with Gasteiger partial charge in [0.1, 0.15) is 6.54 Å². The van der Waals surface area contributed by atoms with Crippen molar-refractivity contribution in [1.82, 2.24) is 14.8 Å². The lowest BCUT2D eigenvalue weighted by Crippen LogP contribution is -2.20. The highest BCUT2D eigenvalue weighted by atomic mass is 35.5. The molecule has 4 rings (SSSR count). The molecule has 31 heavy (non-hydrogen) atoms. The number of nitro groups is 1. The summed E-state index contributed by atoms with van der Waals surface area (Å²) < 4.78 is 1.54. The lowest BCUT2D eigenvalue weighted by molar-refractivity contribution is -0.384. The predicted molar refractivity (Wildman–Crippen MR) is 119 cm³/mol. The van der Waals surface area contributed by atoms with Gasteiger partial charge in [-0.3, -0.25) is 14.9 Å². The van der Waals surface area contributed by atoms with E-state index in [9.17, 15) is 14.9 Å². The topological polar surface area (TPSA) is 103 Å². The standard InChI is InChI=1S/C22H18ClN5O3/c1-13-4-3-5-15(10-13)17-8-9-24-22-21(17)14(2)26-27(22)12-20(29)25-19-7-6-16(28(30)31)11-18(19)23/h3-11H,12H2,1-2H3,(H,25,29). The van der Waals surface area contributed by atoms with Gasteiger partial charge in [-0.2, -0.15) is 5.10 Å². The molecule has 0 saturated heterocycles. The Bertz CT molecular complexity index is 1330. The quantitative estimate of drug-likeness (QED) is 0.354. The van der Waals surface area contributed by atoms with Crippen molar-refractivity contribution < 1.29 is 9.72 Å². The molecule has 4 aromatic rings. The molecule has 156 valence electrons. The first kappa shape index (κ1) is 20.5. The predicted octanol–water partition coefficient (Wildman–Crippen LogP) is 4.92. The summed E-state index contributed by atoms with van der Waals surface area (Å²) >= 11 is 6.07. The van der Waals surface area contributed by atoms with E-state index in [1.165, 1.54) is 18.2 Å². The number of nitrogens with zero attached hydrogens (tertiary/aromatic N) is 4. The molecule has 0 bridgehead atoms. The highest BCUT2D eigenvalue weighted by molar-refractivity contribution is 6.34. The van der Waals surface area contributed by atoms with Gasteiger partial charge in [-0.1, -0.05) is 41.4 Å². The second-order valence-corrected chi connectivity index (χ2v) is 7.55. The Balaban J connectivity index is 1.63. The van der Waals surface area contributed by atoms with E-state index in [0.717, 1.165) is 27.8 Å². The number of hydrogen-bond donors (Lipinski definition) is 1. The first-order valence-corrected chi connectivity index (χ1v) is 9.84. The minimum absolute atomic E-state index is 0.0814. The van der Waals surface area contributed by atoms with Crippen LogP contribution in [0, 0.1) is 24.0 Å². The normalized spacial score (nSPS) is 10.9. The first-order chi connectivity index (χ1) is 14.8. The second kappa shape index (κ2) is 8.16. The minimum Gasteiger partial charge on any atom is -0.323 e. The lowest BCUT2D eigenvalue weighted by Gasteiger charge is -2.08. The molecular weight excluding hydrogens is 418 g/mol. The molecule has 0 aliphatic rings. The van der Waals surface area contributed by atoms with Crippen LogP contribution in [0.1, 0.15) is 11.3 Å². The number of fused-ring (bicyclic) bond motifs is 1. The third-order valence-electron chi connectivity index (χ3n) is 4.87. The average molecular weight is 436 g/mol. The number of nitro benzene ring substituents is 1. The summed E-state index contributed by atoms with van der Waals surface area (Å²) in [4.78, 5) is 27.3. The number of amides is 1. The van der Waals surface area contributed by atoms with E-state index in [1.54, 1.807) is 10.9 Å². The minimum atomic E-state index is -0.548. The molecule has 9 heteroatoms. The van der Waals surface area contributed by atoms with E-state index in [0.29, 0.717) is 11.3 Å². The molecule has 0 saturated carbocycles. The summed E-state index contributed by atoms with van der Waals surface area (Å²) in [6, 6.07) is 14.0. The van der Waals surface area contributed by atoms with Crippen molar-refractivity contribution in [1.29, 1.82) is 0 Å². The number of carbonyl (C=O) groups is 1. The number of aromatic nitrogens is 3. The molecule has 0 fully saturated rings. The molecule has 0 aliphatic heterocycles. The van der Waals surface area contributed by atoms with Gasteiger partial charge in [-0.05, 0) is 37.1 Å². The number of carbonyl (C=O) groups excluding carboxylic acids is 1. The van der Waals surface area contributed by atoms with E-state index in [1.807, 2.05) is 38.1 Å². The maximum Gasteiger partial charge on any atom is 0.271 e. The van der Waals surface area contributed by atoms with Gasteiger partial charge in [0, 0.05) is 23.7 Å². The van der Waals surface area contributed by atoms with Crippen LogP contribution >= 0.6 is 11.6 Å². The van der Waals surface area contributed by atoms with Crippen LogP contribution in [0.15, 0.2) is 54.7 Å². The van der Waals surface area contributed by atoms with Crippen molar-refractivity contribution in [2.45, 2.75) is 20.4 Å². The smallest absolute Gasteiger partial charge is 0.271 e. The molecule has 2 heterocycles. The molecular formula is C22H18ClN5O3. The van der Waals surface area contributed by atoms with Gasteiger partial charge in [0.2, 0.25) is 5.91 Å². The highest BCUT2D eigenvalue weighted by Gasteiger charge is 2.17. The van der Waals surface area contributed by atoms with Gasteiger partial charge in [-0.15, -0.1) is 0 Å². The van der Waals surface area contributed by atoms with Crippen LogP contribution in [0.3, 0.4) is 0 Å². The van der Waals surface area contributed by atoms with Gasteiger partial charge in [-0.25, -0.2) is 9.67 Å².